The summed E-state index contributed by atoms with van der Waals surface area (Å²) in [6.07, 6.45) is 4.70. The highest BCUT2D eigenvalue weighted by Gasteiger charge is 2.40. The van der Waals surface area contributed by atoms with Gasteiger partial charge in [-0.1, -0.05) is 17.8 Å². The maximum atomic E-state index is 5.28. The number of hydroxylamine groups is 2. The smallest absolute Gasteiger partial charge is 0.148 e. The third kappa shape index (κ3) is 2.22. The average molecular weight is 328 g/mol. The molecule has 6 nitrogen and oxygen atoms in total. The lowest BCUT2D eigenvalue weighted by Gasteiger charge is -2.46. The van der Waals surface area contributed by atoms with Gasteiger partial charge in [-0.15, -0.1) is 5.06 Å². The summed E-state index contributed by atoms with van der Waals surface area (Å²) in [5, 5.41) is 3.37. The molecule has 2 saturated heterocycles. The first-order chi connectivity index (χ1) is 11.7. The molecule has 6 heteroatoms. The first-order valence-electron chi connectivity index (χ1n) is 8.76. The second-order valence-electron chi connectivity index (χ2n) is 7.54. The van der Waals surface area contributed by atoms with Gasteiger partial charge < -0.3 is 9.47 Å². The molecule has 0 amide bonds. The summed E-state index contributed by atoms with van der Waals surface area (Å²) < 4.78 is 2.28. The second-order valence-corrected chi connectivity index (χ2v) is 7.54. The van der Waals surface area contributed by atoms with E-state index >= 15 is 0 Å². The van der Waals surface area contributed by atoms with Gasteiger partial charge in [0.2, 0.25) is 0 Å². The van der Waals surface area contributed by atoms with Crippen molar-refractivity contribution in [3.8, 4) is 0 Å². The van der Waals surface area contributed by atoms with Crippen molar-refractivity contribution in [2.45, 2.75) is 24.8 Å². The molecule has 0 saturated carbocycles. The standard InChI is InChI=1S/C18H24N4O2/c1-20-8-12(9-22-11-23-19-24-22)6-15-14-4-3-5-16-18(14)13(7-17(15)20)10-21(16)2/h3-5,10,12,15,17,19H,6-9,11H2,1-2H3/t12?,15-,17-/m1/s1. The molecule has 5 rings (SSSR count). The number of likely N-dealkylation sites (N-methyl/N-ethyl adjacent to an activating group) is 1. The number of rotatable bonds is 2. The predicted octanol–water partition coefficient (Wildman–Crippen LogP) is 1.78. The quantitative estimate of drug-likeness (QED) is 0.910. The minimum absolute atomic E-state index is 0.493. The summed E-state index contributed by atoms with van der Waals surface area (Å²) in [5.41, 5.74) is 6.88. The fourth-order valence-corrected chi connectivity index (χ4v) is 5.05. The molecule has 2 aromatic rings. The van der Waals surface area contributed by atoms with Crippen LogP contribution in [0.4, 0.5) is 0 Å². The van der Waals surface area contributed by atoms with Gasteiger partial charge in [0, 0.05) is 49.2 Å². The lowest BCUT2D eigenvalue weighted by Crippen LogP contribution is -2.49. The molecule has 0 radical (unpaired) electrons. The Labute approximate surface area is 141 Å². The van der Waals surface area contributed by atoms with Crippen LogP contribution in [0.3, 0.4) is 0 Å². The van der Waals surface area contributed by atoms with Gasteiger partial charge >= 0.3 is 0 Å². The molecule has 2 aliphatic heterocycles. The lowest BCUT2D eigenvalue weighted by atomic mass is 9.72. The SMILES string of the molecule is CN1CC(CN2CONO2)C[C@@H]2c3cccc4c3c(cn4C)C[C@H]21. The highest BCUT2D eigenvalue weighted by Crippen LogP contribution is 2.44. The lowest BCUT2D eigenvalue weighted by molar-refractivity contribution is -0.188. The van der Waals surface area contributed by atoms with E-state index in [1.54, 1.807) is 0 Å². The van der Waals surface area contributed by atoms with Crippen LogP contribution in [0.1, 0.15) is 23.5 Å². The summed E-state index contributed by atoms with van der Waals surface area (Å²) in [7, 11) is 4.44. The zero-order valence-corrected chi connectivity index (χ0v) is 14.2. The van der Waals surface area contributed by atoms with E-state index in [1.165, 1.54) is 28.5 Å². The number of hydrogen-bond donors (Lipinski definition) is 1. The molecule has 2 fully saturated rings. The zero-order valence-electron chi connectivity index (χ0n) is 14.2. The first-order valence-corrected chi connectivity index (χ1v) is 8.76. The number of aromatic nitrogens is 1. The Balaban J connectivity index is 1.49. The van der Waals surface area contributed by atoms with Gasteiger partial charge in [-0.05, 0) is 43.0 Å². The van der Waals surface area contributed by atoms with Crippen molar-refractivity contribution in [1.82, 2.24) is 20.2 Å². The van der Waals surface area contributed by atoms with Gasteiger partial charge in [0.25, 0.3) is 0 Å². The Morgan fingerprint density at radius 3 is 3.04 bits per heavy atom. The Kier molecular flexibility index (Phi) is 3.43. The molecular weight excluding hydrogens is 304 g/mol. The fourth-order valence-electron chi connectivity index (χ4n) is 5.05. The normalized spacial score (nSPS) is 30.8. The third-order valence-corrected chi connectivity index (χ3v) is 6.01. The number of aryl methyl sites for hydroxylation is 1. The van der Waals surface area contributed by atoms with E-state index in [0.29, 0.717) is 24.6 Å². The Morgan fingerprint density at radius 1 is 1.29 bits per heavy atom. The topological polar surface area (TPSA) is 41.9 Å². The molecule has 3 atom stereocenters. The molecule has 1 N–H and O–H groups in total. The van der Waals surface area contributed by atoms with Crippen LogP contribution in [0.15, 0.2) is 24.4 Å². The first kappa shape index (κ1) is 14.9. The zero-order chi connectivity index (χ0) is 16.3. The van der Waals surface area contributed by atoms with Crippen LogP contribution >= 0.6 is 0 Å². The number of fused-ring (bicyclic) bond motifs is 2. The summed E-state index contributed by atoms with van der Waals surface area (Å²) in [5.74, 6) is 1.18. The number of nitrogens with one attached hydrogen (secondary N) is 1. The molecule has 128 valence electrons. The van der Waals surface area contributed by atoms with Crippen molar-refractivity contribution in [3.05, 3.63) is 35.5 Å². The van der Waals surface area contributed by atoms with Crippen LogP contribution < -0.4 is 5.64 Å². The Hall–Kier alpha value is -1.44. The van der Waals surface area contributed by atoms with E-state index in [9.17, 15) is 0 Å². The van der Waals surface area contributed by atoms with Crippen molar-refractivity contribution < 1.29 is 9.78 Å². The van der Waals surface area contributed by atoms with Gasteiger partial charge in [-0.2, -0.15) is 4.94 Å². The summed E-state index contributed by atoms with van der Waals surface area (Å²) >= 11 is 0. The number of piperidine rings is 1. The van der Waals surface area contributed by atoms with Crippen LogP contribution in [0.2, 0.25) is 0 Å². The van der Waals surface area contributed by atoms with Crippen molar-refractivity contribution in [1.29, 1.82) is 0 Å². The van der Waals surface area contributed by atoms with Crippen molar-refractivity contribution in [2.24, 2.45) is 13.0 Å². The maximum Gasteiger partial charge on any atom is 0.148 e. The van der Waals surface area contributed by atoms with E-state index in [1.807, 2.05) is 5.06 Å². The van der Waals surface area contributed by atoms with Crippen molar-refractivity contribution in [2.75, 3.05) is 26.9 Å². The van der Waals surface area contributed by atoms with Crippen LogP contribution in [0, 0.1) is 5.92 Å². The van der Waals surface area contributed by atoms with Crippen LogP contribution in [-0.4, -0.2) is 47.4 Å². The summed E-state index contributed by atoms with van der Waals surface area (Å²) in [6.45, 7) is 2.50. The summed E-state index contributed by atoms with van der Waals surface area (Å²) in [4.78, 5) is 12.9. The molecule has 1 aliphatic carbocycles. The monoisotopic (exact) mass is 328 g/mol. The van der Waals surface area contributed by atoms with E-state index in [4.69, 9.17) is 9.78 Å². The molecule has 24 heavy (non-hydrogen) atoms. The molecule has 0 spiro atoms. The van der Waals surface area contributed by atoms with Crippen LogP contribution in [0.25, 0.3) is 10.9 Å². The minimum Gasteiger partial charge on any atom is -0.350 e. The van der Waals surface area contributed by atoms with E-state index in [0.717, 1.165) is 19.5 Å². The van der Waals surface area contributed by atoms with Gasteiger partial charge in [-0.25, -0.2) is 0 Å². The van der Waals surface area contributed by atoms with Gasteiger partial charge in [0.15, 0.2) is 0 Å². The van der Waals surface area contributed by atoms with E-state index in [-0.39, 0.29) is 0 Å². The van der Waals surface area contributed by atoms with Crippen LogP contribution in [-0.2, 0) is 23.2 Å². The number of nitrogens with zero attached hydrogens (tertiary/aromatic N) is 3. The van der Waals surface area contributed by atoms with E-state index in [2.05, 4.69) is 53.6 Å². The van der Waals surface area contributed by atoms with Gasteiger partial charge in [0.1, 0.15) is 6.73 Å². The molecule has 0 bridgehead atoms. The molecular formula is C18H24N4O2. The highest BCUT2D eigenvalue weighted by atomic mass is 17.0. The minimum atomic E-state index is 0.493. The molecule has 1 unspecified atom stereocenters. The maximum absolute atomic E-state index is 5.28. The number of benzene rings is 1. The average Bonchev–Trinajstić information content (AvgIpc) is 3.18. The second kappa shape index (κ2) is 5.54. The highest BCUT2D eigenvalue weighted by molar-refractivity contribution is 5.89. The predicted molar refractivity (Wildman–Crippen MR) is 90.8 cm³/mol. The summed E-state index contributed by atoms with van der Waals surface area (Å²) in [6, 6.07) is 7.41. The molecule has 3 heterocycles. The van der Waals surface area contributed by atoms with Gasteiger partial charge in [0.05, 0.1) is 0 Å². The third-order valence-electron chi connectivity index (χ3n) is 6.01. The van der Waals surface area contributed by atoms with Crippen molar-refractivity contribution >= 4 is 10.9 Å². The molecule has 1 aromatic carbocycles. The number of hydrogen-bond acceptors (Lipinski definition) is 5. The van der Waals surface area contributed by atoms with Crippen molar-refractivity contribution in [3.63, 3.8) is 0 Å². The van der Waals surface area contributed by atoms with Gasteiger partial charge in [-0.3, -0.25) is 4.84 Å². The van der Waals surface area contributed by atoms with Crippen LogP contribution in [0.5, 0.6) is 0 Å². The Bertz CT molecular complexity index is 768. The number of likely N-dealkylation sites (tertiary alicyclic amines) is 1. The Morgan fingerprint density at radius 2 is 2.21 bits per heavy atom. The molecule has 1 aromatic heterocycles. The fraction of sp³-hybridized carbons (Fsp3) is 0.556. The largest absolute Gasteiger partial charge is 0.350 e. The van der Waals surface area contributed by atoms with E-state index < -0.39 is 0 Å². The molecule has 3 aliphatic rings.